The van der Waals surface area contributed by atoms with Crippen molar-refractivity contribution >= 4 is 33.5 Å². The summed E-state index contributed by atoms with van der Waals surface area (Å²) < 4.78 is 11.7. The van der Waals surface area contributed by atoms with Crippen LogP contribution in [-0.4, -0.2) is 17.5 Å². The lowest BCUT2D eigenvalue weighted by atomic mass is 10.1. The van der Waals surface area contributed by atoms with Gasteiger partial charge in [-0.05, 0) is 53.8 Å². The maximum absolute atomic E-state index is 12.5. The van der Waals surface area contributed by atoms with Crippen LogP contribution in [0.4, 0.5) is 5.69 Å². The highest BCUT2D eigenvalue weighted by molar-refractivity contribution is 5.93. The van der Waals surface area contributed by atoms with Crippen molar-refractivity contribution < 1.29 is 13.9 Å². The second-order valence-corrected chi connectivity index (χ2v) is 7.57. The predicted molar refractivity (Wildman–Crippen MR) is 127 cm³/mol. The zero-order valence-electron chi connectivity index (χ0n) is 17.7. The van der Waals surface area contributed by atoms with Crippen molar-refractivity contribution in [3.05, 3.63) is 90.5 Å². The first-order valence-electron chi connectivity index (χ1n) is 10.6. The lowest BCUT2D eigenvalue weighted by Gasteiger charge is -2.10. The first kappa shape index (κ1) is 19.8. The number of ether oxygens (including phenoxy) is 1. The van der Waals surface area contributed by atoms with E-state index in [1.54, 1.807) is 0 Å². The Morgan fingerprint density at radius 2 is 1.81 bits per heavy atom. The zero-order chi connectivity index (χ0) is 21.9. The summed E-state index contributed by atoms with van der Waals surface area (Å²) in [5, 5.41) is 4.94. The molecule has 5 rings (SSSR count). The van der Waals surface area contributed by atoms with Crippen LogP contribution in [0.25, 0.3) is 33.3 Å². The molecule has 1 heterocycles. The van der Waals surface area contributed by atoms with Gasteiger partial charge in [0.15, 0.2) is 12.2 Å². The predicted octanol–water partition coefficient (Wildman–Crippen LogP) is 6.23. The van der Waals surface area contributed by atoms with E-state index in [1.807, 2.05) is 84.9 Å². The van der Waals surface area contributed by atoms with Gasteiger partial charge in [-0.1, -0.05) is 55.5 Å². The standard InChI is InChI=1S/C27H22N2O3/c1-2-18-13-14-25-23(15-18)29-27(32-25)20-9-5-10-21(16-20)28-26(30)17-31-24-12-6-8-19-7-3-4-11-22(19)24/h3-16H,2,17H2,1H3,(H,28,30). The van der Waals surface area contributed by atoms with E-state index in [2.05, 4.69) is 17.2 Å². The second kappa shape index (κ2) is 8.55. The molecule has 0 atom stereocenters. The fourth-order valence-corrected chi connectivity index (χ4v) is 3.71. The van der Waals surface area contributed by atoms with E-state index >= 15 is 0 Å². The number of carbonyl (C=O) groups excluding carboxylic acids is 1. The molecule has 0 bridgehead atoms. The minimum absolute atomic E-state index is 0.0824. The number of hydrogen-bond acceptors (Lipinski definition) is 4. The number of nitrogens with zero attached hydrogens (tertiary/aromatic N) is 1. The number of aryl methyl sites for hydroxylation is 1. The van der Waals surface area contributed by atoms with E-state index < -0.39 is 0 Å². The maximum atomic E-state index is 12.5. The van der Waals surface area contributed by atoms with Gasteiger partial charge >= 0.3 is 0 Å². The first-order valence-corrected chi connectivity index (χ1v) is 10.6. The summed E-state index contributed by atoms with van der Waals surface area (Å²) in [6, 6.07) is 27.2. The highest BCUT2D eigenvalue weighted by atomic mass is 16.5. The molecular formula is C27H22N2O3. The van der Waals surface area contributed by atoms with Gasteiger partial charge in [0.1, 0.15) is 11.3 Å². The molecule has 0 aliphatic rings. The molecule has 32 heavy (non-hydrogen) atoms. The molecule has 5 aromatic rings. The fraction of sp³-hybridized carbons (Fsp3) is 0.111. The molecule has 0 radical (unpaired) electrons. The summed E-state index contributed by atoms with van der Waals surface area (Å²) in [6.45, 7) is 2.03. The number of benzene rings is 4. The lowest BCUT2D eigenvalue weighted by Crippen LogP contribution is -2.20. The third-order valence-electron chi connectivity index (χ3n) is 5.36. The maximum Gasteiger partial charge on any atom is 0.262 e. The Kier molecular flexibility index (Phi) is 5.30. The molecule has 0 unspecified atom stereocenters. The summed E-state index contributed by atoms with van der Waals surface area (Å²) in [6.07, 6.45) is 0.945. The monoisotopic (exact) mass is 422 g/mol. The molecule has 0 saturated carbocycles. The second-order valence-electron chi connectivity index (χ2n) is 7.57. The number of aromatic nitrogens is 1. The molecule has 1 N–H and O–H groups in total. The van der Waals surface area contributed by atoms with Gasteiger partial charge in [0.2, 0.25) is 5.89 Å². The third-order valence-corrected chi connectivity index (χ3v) is 5.36. The molecule has 0 aliphatic carbocycles. The Labute approximate surface area is 185 Å². The van der Waals surface area contributed by atoms with Gasteiger partial charge in [0, 0.05) is 16.6 Å². The van der Waals surface area contributed by atoms with E-state index in [0.717, 1.165) is 33.9 Å². The van der Waals surface area contributed by atoms with Crippen molar-refractivity contribution in [3.8, 4) is 17.2 Å². The van der Waals surface area contributed by atoms with E-state index in [0.29, 0.717) is 17.3 Å². The molecular weight excluding hydrogens is 400 g/mol. The number of fused-ring (bicyclic) bond motifs is 2. The Bertz CT molecular complexity index is 1420. The molecule has 4 aromatic carbocycles. The van der Waals surface area contributed by atoms with Crippen LogP contribution < -0.4 is 10.1 Å². The summed E-state index contributed by atoms with van der Waals surface area (Å²) in [7, 11) is 0. The van der Waals surface area contributed by atoms with Crippen LogP contribution in [0.5, 0.6) is 5.75 Å². The Morgan fingerprint density at radius 3 is 2.72 bits per heavy atom. The minimum atomic E-state index is -0.236. The van der Waals surface area contributed by atoms with Gasteiger partial charge in [-0.15, -0.1) is 0 Å². The Balaban J connectivity index is 1.30. The summed E-state index contributed by atoms with van der Waals surface area (Å²) in [5.41, 5.74) is 4.24. The van der Waals surface area contributed by atoms with Crippen molar-refractivity contribution in [2.24, 2.45) is 0 Å². The van der Waals surface area contributed by atoms with Crippen LogP contribution in [0.1, 0.15) is 12.5 Å². The van der Waals surface area contributed by atoms with Crippen LogP contribution >= 0.6 is 0 Å². The number of rotatable bonds is 6. The van der Waals surface area contributed by atoms with Crippen molar-refractivity contribution in [3.63, 3.8) is 0 Å². The highest BCUT2D eigenvalue weighted by Crippen LogP contribution is 2.27. The molecule has 0 spiro atoms. The molecule has 0 aliphatic heterocycles. The SMILES string of the molecule is CCc1ccc2oc(-c3cccc(NC(=O)COc4cccc5ccccc45)c3)nc2c1. The number of hydrogen-bond donors (Lipinski definition) is 1. The van der Waals surface area contributed by atoms with Crippen LogP contribution in [0.3, 0.4) is 0 Å². The lowest BCUT2D eigenvalue weighted by molar-refractivity contribution is -0.118. The van der Waals surface area contributed by atoms with Crippen LogP contribution in [0.2, 0.25) is 0 Å². The molecule has 0 saturated heterocycles. The van der Waals surface area contributed by atoms with E-state index in [9.17, 15) is 4.79 Å². The number of oxazole rings is 1. The summed E-state index contributed by atoms with van der Waals surface area (Å²) in [5.74, 6) is 0.974. The van der Waals surface area contributed by atoms with E-state index in [1.165, 1.54) is 5.56 Å². The fourth-order valence-electron chi connectivity index (χ4n) is 3.71. The van der Waals surface area contributed by atoms with E-state index in [-0.39, 0.29) is 12.5 Å². The van der Waals surface area contributed by atoms with Gasteiger partial charge in [-0.2, -0.15) is 0 Å². The number of nitrogens with one attached hydrogen (secondary N) is 1. The normalized spacial score (nSPS) is 11.0. The Morgan fingerprint density at radius 1 is 0.969 bits per heavy atom. The van der Waals surface area contributed by atoms with Crippen molar-refractivity contribution in [2.75, 3.05) is 11.9 Å². The molecule has 5 nitrogen and oxygen atoms in total. The molecule has 1 aromatic heterocycles. The molecule has 0 fully saturated rings. The van der Waals surface area contributed by atoms with Crippen LogP contribution in [0, 0.1) is 0 Å². The topological polar surface area (TPSA) is 64.4 Å². The average molecular weight is 422 g/mol. The van der Waals surface area contributed by atoms with E-state index in [4.69, 9.17) is 9.15 Å². The largest absolute Gasteiger partial charge is 0.483 e. The first-order chi connectivity index (χ1) is 15.7. The zero-order valence-corrected chi connectivity index (χ0v) is 17.7. The van der Waals surface area contributed by atoms with Crippen molar-refractivity contribution in [2.45, 2.75) is 13.3 Å². The van der Waals surface area contributed by atoms with Gasteiger partial charge in [0.05, 0.1) is 0 Å². The van der Waals surface area contributed by atoms with Crippen molar-refractivity contribution in [1.29, 1.82) is 0 Å². The van der Waals surface area contributed by atoms with Gasteiger partial charge in [0.25, 0.3) is 5.91 Å². The quantitative estimate of drug-likeness (QED) is 0.352. The number of amides is 1. The molecule has 158 valence electrons. The van der Waals surface area contributed by atoms with Gasteiger partial charge in [-0.25, -0.2) is 4.98 Å². The van der Waals surface area contributed by atoms with Gasteiger partial charge in [-0.3, -0.25) is 4.79 Å². The third kappa shape index (κ3) is 4.05. The minimum Gasteiger partial charge on any atom is -0.483 e. The van der Waals surface area contributed by atoms with Crippen LogP contribution in [0.15, 0.2) is 89.3 Å². The van der Waals surface area contributed by atoms with Gasteiger partial charge < -0.3 is 14.5 Å². The van der Waals surface area contributed by atoms with Crippen molar-refractivity contribution in [1.82, 2.24) is 4.98 Å². The van der Waals surface area contributed by atoms with Crippen LogP contribution in [-0.2, 0) is 11.2 Å². The Hall–Kier alpha value is -4.12. The number of anilines is 1. The number of carbonyl (C=O) groups is 1. The molecule has 1 amide bonds. The molecule has 5 heteroatoms. The average Bonchev–Trinajstić information content (AvgIpc) is 3.26. The summed E-state index contributed by atoms with van der Waals surface area (Å²) >= 11 is 0. The smallest absolute Gasteiger partial charge is 0.262 e. The summed E-state index contributed by atoms with van der Waals surface area (Å²) in [4.78, 5) is 17.1. The highest BCUT2D eigenvalue weighted by Gasteiger charge is 2.11.